The van der Waals surface area contributed by atoms with Crippen molar-refractivity contribution in [3.05, 3.63) is 59.7 Å². The highest BCUT2D eigenvalue weighted by Crippen LogP contribution is 2.44. The zero-order valence-electron chi connectivity index (χ0n) is 19.0. The molecule has 2 atom stereocenters. The molecule has 4 rings (SSSR count). The predicted octanol–water partition coefficient (Wildman–Crippen LogP) is 4.02. The molecule has 1 heterocycles. The topological polar surface area (TPSA) is 95.9 Å². The van der Waals surface area contributed by atoms with E-state index in [-0.39, 0.29) is 18.4 Å². The maximum Gasteiger partial charge on any atom is 0.410 e. The average molecular weight is 451 g/mol. The minimum Gasteiger partial charge on any atom is -0.480 e. The Labute approximate surface area is 193 Å². The predicted molar refractivity (Wildman–Crippen MR) is 124 cm³/mol. The summed E-state index contributed by atoms with van der Waals surface area (Å²) in [6, 6.07) is 14.5. The normalized spacial score (nSPS) is 18.0. The first kappa shape index (κ1) is 22.8. The third kappa shape index (κ3) is 4.72. The molecular weight excluding hydrogens is 420 g/mol. The maximum absolute atomic E-state index is 12.9. The second-order valence-electron chi connectivity index (χ2n) is 9.18. The highest BCUT2D eigenvalue weighted by molar-refractivity contribution is 5.89. The van der Waals surface area contributed by atoms with Crippen LogP contribution in [0.2, 0.25) is 0 Å². The van der Waals surface area contributed by atoms with Crippen LogP contribution in [0.1, 0.15) is 50.2 Å². The lowest BCUT2D eigenvalue weighted by atomic mass is 9.98. The first-order valence-corrected chi connectivity index (χ1v) is 11.5. The fourth-order valence-electron chi connectivity index (χ4n) is 4.90. The van der Waals surface area contributed by atoms with Gasteiger partial charge in [-0.25, -0.2) is 9.59 Å². The molecule has 33 heavy (non-hydrogen) atoms. The molecule has 174 valence electrons. The number of carboxylic acids is 1. The number of nitrogens with zero attached hydrogens (tertiary/aromatic N) is 1. The Balaban J connectivity index is 1.42. The Hall–Kier alpha value is -3.35. The minimum absolute atomic E-state index is 0.0568. The Morgan fingerprint density at radius 1 is 1.06 bits per heavy atom. The first-order chi connectivity index (χ1) is 15.9. The molecule has 0 unspecified atom stereocenters. The van der Waals surface area contributed by atoms with Crippen molar-refractivity contribution in [3.63, 3.8) is 0 Å². The molecule has 7 nitrogen and oxygen atoms in total. The number of carboxylic acid groups (broad SMARTS) is 1. The zero-order chi connectivity index (χ0) is 23.5. The fraction of sp³-hybridized carbons (Fsp3) is 0.423. The van der Waals surface area contributed by atoms with E-state index in [0.29, 0.717) is 25.8 Å². The quantitative estimate of drug-likeness (QED) is 0.664. The van der Waals surface area contributed by atoms with Gasteiger partial charge in [-0.15, -0.1) is 0 Å². The molecule has 2 aromatic rings. The van der Waals surface area contributed by atoms with Crippen LogP contribution in [-0.4, -0.2) is 53.2 Å². The molecule has 1 saturated heterocycles. The van der Waals surface area contributed by atoms with Crippen molar-refractivity contribution in [1.29, 1.82) is 0 Å². The molecule has 1 fully saturated rings. The average Bonchev–Trinajstić information content (AvgIpc) is 3.40. The standard InChI is InChI=1S/C26H30N2O5/c1-16(2)14-22(25(30)31)27-24(29)23-12-7-13-28(23)26(32)33-15-21-19-10-5-3-8-17(19)18-9-4-6-11-20(18)21/h3-6,8-11,16,21-23H,7,12-15H2,1-2H3,(H,27,29)(H,30,31)/t22-,23-/m0/s1. The Morgan fingerprint density at radius 3 is 2.24 bits per heavy atom. The van der Waals surface area contributed by atoms with Crippen LogP contribution < -0.4 is 5.32 Å². The zero-order valence-corrected chi connectivity index (χ0v) is 19.0. The number of amides is 2. The Bertz CT molecular complexity index is 1000. The fourth-order valence-corrected chi connectivity index (χ4v) is 4.90. The van der Waals surface area contributed by atoms with Crippen LogP contribution in [-0.2, 0) is 14.3 Å². The van der Waals surface area contributed by atoms with E-state index in [1.165, 1.54) is 4.90 Å². The van der Waals surface area contributed by atoms with Gasteiger partial charge in [-0.1, -0.05) is 62.4 Å². The number of benzene rings is 2. The van der Waals surface area contributed by atoms with Gasteiger partial charge in [-0.2, -0.15) is 0 Å². The van der Waals surface area contributed by atoms with E-state index in [2.05, 4.69) is 29.6 Å². The number of carbonyl (C=O) groups excluding carboxylic acids is 2. The van der Waals surface area contributed by atoms with Gasteiger partial charge in [0.15, 0.2) is 0 Å². The summed E-state index contributed by atoms with van der Waals surface area (Å²) in [7, 11) is 0. The van der Waals surface area contributed by atoms with Crippen LogP contribution in [0, 0.1) is 5.92 Å². The second kappa shape index (κ2) is 9.65. The van der Waals surface area contributed by atoms with Crippen LogP contribution in [0.5, 0.6) is 0 Å². The lowest BCUT2D eigenvalue weighted by Crippen LogP contribution is -2.51. The van der Waals surface area contributed by atoms with Gasteiger partial charge in [0.2, 0.25) is 5.91 Å². The summed E-state index contributed by atoms with van der Waals surface area (Å²) in [6.07, 6.45) is 0.956. The van der Waals surface area contributed by atoms with E-state index in [0.717, 1.165) is 22.3 Å². The van der Waals surface area contributed by atoms with Gasteiger partial charge in [0, 0.05) is 12.5 Å². The third-order valence-electron chi connectivity index (χ3n) is 6.45. The minimum atomic E-state index is -1.07. The van der Waals surface area contributed by atoms with Crippen LogP contribution >= 0.6 is 0 Å². The van der Waals surface area contributed by atoms with Gasteiger partial charge in [0.1, 0.15) is 18.7 Å². The molecule has 0 bridgehead atoms. The van der Waals surface area contributed by atoms with Gasteiger partial charge in [-0.3, -0.25) is 9.69 Å². The van der Waals surface area contributed by atoms with Crippen molar-refractivity contribution in [2.75, 3.05) is 13.2 Å². The van der Waals surface area contributed by atoms with Crippen LogP contribution in [0.15, 0.2) is 48.5 Å². The number of fused-ring (bicyclic) bond motifs is 3. The van der Waals surface area contributed by atoms with E-state index < -0.39 is 30.1 Å². The highest BCUT2D eigenvalue weighted by atomic mass is 16.6. The Morgan fingerprint density at radius 2 is 1.67 bits per heavy atom. The lowest BCUT2D eigenvalue weighted by Gasteiger charge is -2.26. The molecule has 2 aromatic carbocycles. The first-order valence-electron chi connectivity index (χ1n) is 11.5. The summed E-state index contributed by atoms with van der Waals surface area (Å²) < 4.78 is 5.71. The van der Waals surface area contributed by atoms with Crippen LogP contribution in [0.25, 0.3) is 11.1 Å². The smallest absolute Gasteiger partial charge is 0.410 e. The van der Waals surface area contributed by atoms with Crippen molar-refractivity contribution < 1.29 is 24.2 Å². The largest absolute Gasteiger partial charge is 0.480 e. The molecule has 2 N–H and O–H groups in total. The number of nitrogens with one attached hydrogen (secondary N) is 1. The molecule has 0 spiro atoms. The summed E-state index contributed by atoms with van der Waals surface area (Å²) >= 11 is 0. The van der Waals surface area contributed by atoms with Crippen molar-refractivity contribution in [2.24, 2.45) is 5.92 Å². The molecule has 0 aromatic heterocycles. The molecule has 1 aliphatic carbocycles. The Kier molecular flexibility index (Phi) is 6.67. The van der Waals surface area contributed by atoms with E-state index in [4.69, 9.17) is 4.74 Å². The number of carbonyl (C=O) groups is 3. The van der Waals surface area contributed by atoms with Gasteiger partial charge >= 0.3 is 12.1 Å². The van der Waals surface area contributed by atoms with Gasteiger partial charge < -0.3 is 15.2 Å². The van der Waals surface area contributed by atoms with Gasteiger partial charge in [0.05, 0.1) is 0 Å². The van der Waals surface area contributed by atoms with Crippen LogP contribution in [0.3, 0.4) is 0 Å². The summed E-state index contributed by atoms with van der Waals surface area (Å²) in [6.45, 7) is 4.40. The van der Waals surface area contributed by atoms with Crippen molar-refractivity contribution >= 4 is 18.0 Å². The van der Waals surface area contributed by atoms with Crippen molar-refractivity contribution in [2.45, 2.75) is 51.1 Å². The highest BCUT2D eigenvalue weighted by Gasteiger charge is 2.38. The monoisotopic (exact) mass is 450 g/mol. The van der Waals surface area contributed by atoms with E-state index >= 15 is 0 Å². The molecule has 0 saturated carbocycles. The molecule has 7 heteroatoms. The second-order valence-corrected chi connectivity index (χ2v) is 9.18. The van der Waals surface area contributed by atoms with Gasteiger partial charge in [0.25, 0.3) is 0 Å². The maximum atomic E-state index is 12.9. The lowest BCUT2D eigenvalue weighted by molar-refractivity contribution is -0.142. The van der Waals surface area contributed by atoms with Crippen molar-refractivity contribution in [3.8, 4) is 11.1 Å². The molecule has 2 aliphatic rings. The van der Waals surface area contributed by atoms with Gasteiger partial charge in [-0.05, 0) is 47.4 Å². The molecule has 1 aliphatic heterocycles. The van der Waals surface area contributed by atoms with E-state index in [9.17, 15) is 19.5 Å². The molecule has 2 amide bonds. The number of ether oxygens (including phenoxy) is 1. The SMILES string of the molecule is CC(C)C[C@H](NC(=O)[C@@H]1CCCN1C(=O)OCC1c2ccccc2-c2ccccc21)C(=O)O. The molecule has 0 radical (unpaired) electrons. The number of rotatable bonds is 7. The van der Waals surface area contributed by atoms with Crippen LogP contribution in [0.4, 0.5) is 4.79 Å². The third-order valence-corrected chi connectivity index (χ3v) is 6.45. The number of aliphatic carboxylic acids is 1. The summed E-state index contributed by atoms with van der Waals surface area (Å²) in [5.74, 6) is -1.44. The van der Waals surface area contributed by atoms with E-state index in [1.807, 2.05) is 38.1 Å². The summed E-state index contributed by atoms with van der Waals surface area (Å²) in [4.78, 5) is 38.7. The summed E-state index contributed by atoms with van der Waals surface area (Å²) in [5, 5.41) is 12.0. The summed E-state index contributed by atoms with van der Waals surface area (Å²) in [5.41, 5.74) is 4.55. The molecular formula is C26H30N2O5. The number of hydrogen-bond donors (Lipinski definition) is 2. The number of hydrogen-bond acceptors (Lipinski definition) is 4. The van der Waals surface area contributed by atoms with Crippen molar-refractivity contribution in [1.82, 2.24) is 10.2 Å². The van der Waals surface area contributed by atoms with E-state index in [1.54, 1.807) is 0 Å². The number of likely N-dealkylation sites (tertiary alicyclic amines) is 1.